The molecule has 1 saturated heterocycles. The molecule has 2 atom stereocenters. The molecular weight excluding hydrogens is 374 g/mol. The monoisotopic (exact) mass is 399 g/mol. The van der Waals surface area contributed by atoms with Gasteiger partial charge in [0.05, 0.1) is 12.0 Å². The number of anilines is 3. The molecule has 3 N–H and O–H groups in total. The summed E-state index contributed by atoms with van der Waals surface area (Å²) >= 11 is 0. The Labute approximate surface area is 176 Å². The molecule has 0 aromatic heterocycles. The number of para-hydroxylation sites is 1. The number of amides is 2. The van der Waals surface area contributed by atoms with Crippen molar-refractivity contribution >= 4 is 28.9 Å². The van der Waals surface area contributed by atoms with Crippen LogP contribution in [0.5, 0.6) is 0 Å². The average molecular weight is 399 g/mol. The quantitative estimate of drug-likeness (QED) is 0.657. The summed E-state index contributed by atoms with van der Waals surface area (Å²) in [5, 5.41) is 3.35. The summed E-state index contributed by atoms with van der Waals surface area (Å²) in [4.78, 5) is 26.9. The maximum absolute atomic E-state index is 13.0. The molecule has 30 heavy (non-hydrogen) atoms. The molecule has 5 heteroatoms. The Morgan fingerprint density at radius 3 is 2.30 bits per heavy atom. The Balaban J connectivity index is 1.70. The summed E-state index contributed by atoms with van der Waals surface area (Å²) in [6, 6.07) is 23.3. The van der Waals surface area contributed by atoms with Crippen LogP contribution in [0.4, 0.5) is 17.1 Å². The second-order valence-corrected chi connectivity index (χ2v) is 7.82. The zero-order chi connectivity index (χ0) is 21.3. The number of hydrogen-bond acceptors (Lipinski definition) is 3. The van der Waals surface area contributed by atoms with Crippen LogP contribution < -0.4 is 16.0 Å². The van der Waals surface area contributed by atoms with Crippen molar-refractivity contribution in [1.29, 1.82) is 0 Å². The predicted molar refractivity (Wildman–Crippen MR) is 120 cm³/mol. The van der Waals surface area contributed by atoms with Gasteiger partial charge in [-0.1, -0.05) is 42.5 Å². The number of primary amides is 1. The molecule has 1 aliphatic heterocycles. The molecule has 0 radical (unpaired) electrons. The number of hydrogen-bond donors (Lipinski definition) is 2. The summed E-state index contributed by atoms with van der Waals surface area (Å²) in [5.41, 5.74) is 11.4. The van der Waals surface area contributed by atoms with E-state index in [1.54, 1.807) is 4.90 Å². The number of nitrogens with one attached hydrogen (secondary N) is 1. The first kappa shape index (κ1) is 19.7. The number of nitrogens with zero attached hydrogens (tertiary/aromatic N) is 1. The van der Waals surface area contributed by atoms with Gasteiger partial charge >= 0.3 is 0 Å². The number of benzene rings is 3. The van der Waals surface area contributed by atoms with Crippen LogP contribution >= 0.6 is 0 Å². The minimum absolute atomic E-state index is 0.0796. The van der Waals surface area contributed by atoms with E-state index in [-0.39, 0.29) is 12.3 Å². The molecule has 152 valence electrons. The minimum Gasteiger partial charge on any atom is -0.369 e. The van der Waals surface area contributed by atoms with Crippen molar-refractivity contribution in [3.63, 3.8) is 0 Å². The number of nitrogens with two attached hydrogens (primary N) is 1. The van der Waals surface area contributed by atoms with Crippen molar-refractivity contribution in [2.75, 3.05) is 10.2 Å². The Morgan fingerprint density at radius 1 is 0.967 bits per heavy atom. The second kappa shape index (κ2) is 8.03. The highest BCUT2D eigenvalue weighted by molar-refractivity contribution is 6.02. The second-order valence-electron chi connectivity index (χ2n) is 7.82. The molecule has 0 aliphatic carbocycles. The van der Waals surface area contributed by atoms with Crippen LogP contribution in [-0.2, 0) is 9.59 Å². The van der Waals surface area contributed by atoms with Crippen LogP contribution in [-0.4, -0.2) is 11.8 Å². The maximum Gasteiger partial charge on any atom is 0.228 e. The summed E-state index contributed by atoms with van der Waals surface area (Å²) in [6.07, 6.45) is 0.122. The van der Waals surface area contributed by atoms with Gasteiger partial charge in [0.15, 0.2) is 0 Å². The van der Waals surface area contributed by atoms with Gasteiger partial charge in [-0.05, 0) is 60.9 Å². The number of aryl methyl sites for hydroxylation is 2. The molecule has 1 fully saturated rings. The molecule has 2 unspecified atom stereocenters. The third kappa shape index (κ3) is 3.79. The lowest BCUT2D eigenvalue weighted by Gasteiger charge is -2.29. The van der Waals surface area contributed by atoms with E-state index in [4.69, 9.17) is 5.73 Å². The predicted octanol–water partition coefficient (Wildman–Crippen LogP) is 4.63. The van der Waals surface area contributed by atoms with Gasteiger partial charge in [0.1, 0.15) is 0 Å². The van der Waals surface area contributed by atoms with Crippen LogP contribution in [0, 0.1) is 19.8 Å². The van der Waals surface area contributed by atoms with Crippen molar-refractivity contribution in [3.05, 3.63) is 89.5 Å². The third-order valence-electron chi connectivity index (χ3n) is 5.63. The molecule has 4 rings (SSSR count). The largest absolute Gasteiger partial charge is 0.369 e. The fourth-order valence-corrected chi connectivity index (χ4v) is 4.09. The van der Waals surface area contributed by atoms with Gasteiger partial charge in [-0.2, -0.15) is 0 Å². The van der Waals surface area contributed by atoms with Crippen molar-refractivity contribution < 1.29 is 9.59 Å². The topological polar surface area (TPSA) is 75.4 Å². The highest BCUT2D eigenvalue weighted by atomic mass is 16.2. The molecular formula is C25H25N3O2. The van der Waals surface area contributed by atoms with Crippen molar-refractivity contribution in [2.45, 2.75) is 26.3 Å². The fourth-order valence-electron chi connectivity index (χ4n) is 4.09. The smallest absolute Gasteiger partial charge is 0.228 e. The molecule has 5 nitrogen and oxygen atoms in total. The van der Waals surface area contributed by atoms with Crippen molar-refractivity contribution in [2.24, 2.45) is 11.7 Å². The highest BCUT2D eigenvalue weighted by Crippen LogP contribution is 2.42. The molecule has 1 aliphatic rings. The standard InChI is InChI=1S/C25H25N3O2/c1-16-8-9-17(2)22(14-16)28-23(29)15-21(25(26)30)24(28)18-10-12-20(13-11-18)27-19-6-4-3-5-7-19/h3-14,21,24,27H,15H2,1-2H3,(H2,26,30). The van der Waals surface area contributed by atoms with Gasteiger partial charge in [0.25, 0.3) is 0 Å². The van der Waals surface area contributed by atoms with Crippen LogP contribution in [0.2, 0.25) is 0 Å². The SMILES string of the molecule is Cc1ccc(C)c(N2C(=O)CC(C(N)=O)C2c2ccc(Nc3ccccc3)cc2)c1. The zero-order valence-corrected chi connectivity index (χ0v) is 17.1. The van der Waals surface area contributed by atoms with Crippen LogP contribution in [0.1, 0.15) is 29.2 Å². The van der Waals surface area contributed by atoms with Crippen LogP contribution in [0.25, 0.3) is 0 Å². The van der Waals surface area contributed by atoms with E-state index in [0.717, 1.165) is 33.8 Å². The van der Waals surface area contributed by atoms with Gasteiger partial charge in [-0.3, -0.25) is 9.59 Å². The molecule has 0 spiro atoms. The maximum atomic E-state index is 13.0. The Hall–Kier alpha value is -3.60. The van der Waals surface area contributed by atoms with E-state index in [9.17, 15) is 9.59 Å². The van der Waals surface area contributed by atoms with E-state index in [1.165, 1.54) is 0 Å². The number of carbonyl (C=O) groups is 2. The van der Waals surface area contributed by atoms with E-state index in [2.05, 4.69) is 5.32 Å². The van der Waals surface area contributed by atoms with Gasteiger partial charge in [-0.15, -0.1) is 0 Å². The molecule has 0 bridgehead atoms. The molecule has 0 saturated carbocycles. The van der Waals surface area contributed by atoms with Gasteiger partial charge < -0.3 is 16.0 Å². The van der Waals surface area contributed by atoms with E-state index < -0.39 is 17.9 Å². The lowest BCUT2D eigenvalue weighted by atomic mass is 9.92. The zero-order valence-electron chi connectivity index (χ0n) is 17.1. The number of carbonyl (C=O) groups excluding carboxylic acids is 2. The van der Waals surface area contributed by atoms with E-state index in [0.29, 0.717) is 0 Å². The summed E-state index contributed by atoms with van der Waals surface area (Å²) in [6.45, 7) is 3.97. The third-order valence-corrected chi connectivity index (χ3v) is 5.63. The van der Waals surface area contributed by atoms with Crippen molar-refractivity contribution in [3.8, 4) is 0 Å². The summed E-state index contributed by atoms with van der Waals surface area (Å²) in [7, 11) is 0. The first-order chi connectivity index (χ1) is 14.4. The molecule has 2 amide bonds. The fraction of sp³-hybridized carbons (Fsp3) is 0.200. The van der Waals surface area contributed by atoms with Crippen LogP contribution in [0.3, 0.4) is 0 Å². The van der Waals surface area contributed by atoms with Gasteiger partial charge in [0.2, 0.25) is 11.8 Å². The summed E-state index contributed by atoms with van der Waals surface area (Å²) < 4.78 is 0. The molecule has 1 heterocycles. The Kier molecular flexibility index (Phi) is 5.27. The Morgan fingerprint density at radius 2 is 1.63 bits per heavy atom. The molecule has 3 aromatic rings. The highest BCUT2D eigenvalue weighted by Gasteiger charge is 2.44. The lowest BCUT2D eigenvalue weighted by molar-refractivity contribution is -0.124. The van der Waals surface area contributed by atoms with Gasteiger partial charge in [-0.25, -0.2) is 0 Å². The first-order valence-corrected chi connectivity index (χ1v) is 10.0. The average Bonchev–Trinajstić information content (AvgIpc) is 3.08. The summed E-state index contributed by atoms with van der Waals surface area (Å²) in [5.74, 6) is -1.10. The molecule has 3 aromatic carbocycles. The first-order valence-electron chi connectivity index (χ1n) is 10.0. The Bertz CT molecular complexity index is 1080. The lowest BCUT2D eigenvalue weighted by Crippen LogP contribution is -2.33. The van der Waals surface area contributed by atoms with Crippen LogP contribution in [0.15, 0.2) is 72.8 Å². The van der Waals surface area contributed by atoms with Crippen molar-refractivity contribution in [1.82, 2.24) is 0 Å². The minimum atomic E-state index is -0.564. The van der Waals surface area contributed by atoms with Gasteiger partial charge in [0, 0.05) is 23.5 Å². The van der Waals surface area contributed by atoms with E-state index >= 15 is 0 Å². The number of rotatable bonds is 5. The normalized spacial score (nSPS) is 18.5. The van der Waals surface area contributed by atoms with E-state index in [1.807, 2.05) is 86.6 Å².